The molecule has 1 aliphatic rings. The van der Waals surface area contributed by atoms with Gasteiger partial charge in [-0.3, -0.25) is 4.79 Å². The number of carbonyl (C=O) groups is 1. The fraction of sp³-hybridized carbons (Fsp3) is 0.923. The average Bonchev–Trinajstić information content (AvgIpc) is 2.38. The van der Waals surface area contributed by atoms with Crippen molar-refractivity contribution in [1.29, 1.82) is 0 Å². The number of rotatable bonds is 5. The van der Waals surface area contributed by atoms with Crippen molar-refractivity contribution in [3.05, 3.63) is 0 Å². The number of amides is 1. The van der Waals surface area contributed by atoms with E-state index in [2.05, 4.69) is 17.6 Å². The molecule has 1 rings (SSSR count). The Labute approximate surface area is 104 Å². The van der Waals surface area contributed by atoms with Gasteiger partial charge in [-0.25, -0.2) is 0 Å². The molecular formula is C13H26N2O2. The van der Waals surface area contributed by atoms with Crippen LogP contribution in [0.25, 0.3) is 0 Å². The summed E-state index contributed by atoms with van der Waals surface area (Å²) in [6.07, 6.45) is 2.89. The van der Waals surface area contributed by atoms with Gasteiger partial charge in [-0.2, -0.15) is 0 Å². The van der Waals surface area contributed by atoms with E-state index in [-0.39, 0.29) is 29.9 Å². The highest BCUT2D eigenvalue weighted by atomic mass is 16.3. The number of piperidine rings is 1. The Hall–Kier alpha value is -0.610. The summed E-state index contributed by atoms with van der Waals surface area (Å²) in [5.41, 5.74) is -0.248. The lowest BCUT2D eigenvalue weighted by Gasteiger charge is -2.37. The molecule has 0 aromatic rings. The highest BCUT2D eigenvalue weighted by molar-refractivity contribution is 5.83. The van der Waals surface area contributed by atoms with Crippen LogP contribution in [0.1, 0.15) is 40.0 Å². The molecule has 0 spiro atoms. The molecule has 0 radical (unpaired) electrons. The van der Waals surface area contributed by atoms with Gasteiger partial charge in [0, 0.05) is 19.2 Å². The molecule has 17 heavy (non-hydrogen) atoms. The van der Waals surface area contributed by atoms with Crippen molar-refractivity contribution in [2.45, 2.75) is 46.1 Å². The van der Waals surface area contributed by atoms with Gasteiger partial charge in [-0.1, -0.05) is 13.8 Å². The summed E-state index contributed by atoms with van der Waals surface area (Å²) in [5.74, 6) is 0.240. The van der Waals surface area contributed by atoms with Crippen LogP contribution in [0, 0.1) is 11.3 Å². The van der Waals surface area contributed by atoms with Crippen molar-refractivity contribution in [1.82, 2.24) is 10.6 Å². The first kappa shape index (κ1) is 14.5. The maximum atomic E-state index is 12.3. The Morgan fingerprint density at radius 2 is 2.24 bits per heavy atom. The minimum atomic E-state index is -0.248. The number of nitrogens with one attached hydrogen (secondary N) is 2. The first-order valence-corrected chi connectivity index (χ1v) is 6.68. The molecule has 0 aromatic heterocycles. The largest absolute Gasteiger partial charge is 0.396 e. The number of hydrogen-bond acceptors (Lipinski definition) is 3. The zero-order valence-electron chi connectivity index (χ0n) is 11.3. The van der Waals surface area contributed by atoms with Gasteiger partial charge < -0.3 is 15.7 Å². The molecule has 100 valence electrons. The highest BCUT2D eigenvalue weighted by Crippen LogP contribution is 2.30. The number of carbonyl (C=O) groups excluding carboxylic acids is 1. The summed E-state index contributed by atoms with van der Waals surface area (Å²) >= 11 is 0. The van der Waals surface area contributed by atoms with E-state index in [0.717, 1.165) is 32.4 Å². The van der Waals surface area contributed by atoms with Crippen LogP contribution in [0.15, 0.2) is 0 Å². The van der Waals surface area contributed by atoms with Crippen LogP contribution in [-0.2, 0) is 4.79 Å². The number of hydrogen-bond donors (Lipinski definition) is 3. The molecule has 1 saturated heterocycles. The molecule has 3 N–H and O–H groups in total. The second-order valence-corrected chi connectivity index (χ2v) is 5.34. The molecule has 4 nitrogen and oxygen atoms in total. The van der Waals surface area contributed by atoms with Gasteiger partial charge in [0.15, 0.2) is 0 Å². The van der Waals surface area contributed by atoms with Gasteiger partial charge in [0.2, 0.25) is 5.91 Å². The third-order valence-electron chi connectivity index (χ3n) is 4.13. The van der Waals surface area contributed by atoms with Crippen LogP contribution < -0.4 is 10.6 Å². The molecule has 1 amide bonds. The van der Waals surface area contributed by atoms with Crippen molar-refractivity contribution in [3.8, 4) is 0 Å². The molecule has 0 saturated carbocycles. The maximum absolute atomic E-state index is 12.3. The lowest BCUT2D eigenvalue weighted by atomic mass is 9.77. The van der Waals surface area contributed by atoms with Crippen molar-refractivity contribution in [3.63, 3.8) is 0 Å². The smallest absolute Gasteiger partial charge is 0.227 e. The molecular weight excluding hydrogens is 216 g/mol. The van der Waals surface area contributed by atoms with Gasteiger partial charge >= 0.3 is 0 Å². The molecule has 1 heterocycles. The van der Waals surface area contributed by atoms with Gasteiger partial charge in [-0.15, -0.1) is 0 Å². The number of aliphatic hydroxyl groups is 1. The monoisotopic (exact) mass is 242 g/mol. The van der Waals surface area contributed by atoms with Gasteiger partial charge in [0.1, 0.15) is 0 Å². The average molecular weight is 242 g/mol. The van der Waals surface area contributed by atoms with Crippen LogP contribution in [0.2, 0.25) is 0 Å². The van der Waals surface area contributed by atoms with E-state index in [1.165, 1.54) is 0 Å². The van der Waals surface area contributed by atoms with Gasteiger partial charge in [0.05, 0.1) is 5.41 Å². The molecule has 1 aliphatic heterocycles. The maximum Gasteiger partial charge on any atom is 0.227 e. The zero-order chi connectivity index (χ0) is 12.9. The highest BCUT2D eigenvalue weighted by Gasteiger charge is 2.38. The molecule has 0 bridgehead atoms. The third-order valence-corrected chi connectivity index (χ3v) is 4.13. The predicted molar refractivity (Wildman–Crippen MR) is 68.7 cm³/mol. The molecule has 0 aromatic carbocycles. The summed E-state index contributed by atoms with van der Waals surface area (Å²) in [7, 11) is 0. The second kappa shape index (κ2) is 6.36. The van der Waals surface area contributed by atoms with Crippen LogP contribution in [-0.4, -0.2) is 36.8 Å². The third kappa shape index (κ3) is 3.42. The lowest BCUT2D eigenvalue weighted by molar-refractivity contribution is -0.133. The van der Waals surface area contributed by atoms with E-state index in [1.807, 2.05) is 13.8 Å². The zero-order valence-corrected chi connectivity index (χ0v) is 11.3. The Kier molecular flexibility index (Phi) is 5.40. The Balaban J connectivity index is 2.60. The van der Waals surface area contributed by atoms with E-state index < -0.39 is 0 Å². The standard InChI is InChI=1S/C13H26N2O2/c1-4-13(6-5-7-14-9-13)12(17)15-11(3)10(2)8-16/h10-11,14,16H,4-9H2,1-3H3,(H,15,17). The van der Waals surface area contributed by atoms with Crippen LogP contribution in [0.3, 0.4) is 0 Å². The van der Waals surface area contributed by atoms with Crippen LogP contribution >= 0.6 is 0 Å². The minimum Gasteiger partial charge on any atom is -0.396 e. The molecule has 3 unspecified atom stereocenters. The molecule has 3 atom stereocenters. The number of aliphatic hydroxyl groups excluding tert-OH is 1. The summed E-state index contributed by atoms with van der Waals surface area (Å²) in [5, 5.41) is 15.5. The van der Waals surface area contributed by atoms with E-state index >= 15 is 0 Å². The summed E-state index contributed by atoms with van der Waals surface area (Å²) in [6, 6.07) is 0.0258. The van der Waals surface area contributed by atoms with Gasteiger partial charge in [-0.05, 0) is 38.6 Å². The Morgan fingerprint density at radius 1 is 1.53 bits per heavy atom. The SMILES string of the molecule is CCC1(C(=O)NC(C)C(C)CO)CCCNC1. The first-order valence-electron chi connectivity index (χ1n) is 6.68. The van der Waals surface area contributed by atoms with Crippen molar-refractivity contribution in [2.75, 3.05) is 19.7 Å². The topological polar surface area (TPSA) is 61.4 Å². The van der Waals surface area contributed by atoms with E-state index in [0.29, 0.717) is 0 Å². The predicted octanol–water partition coefficient (Wildman–Crippen LogP) is 0.899. The first-order chi connectivity index (χ1) is 8.05. The lowest BCUT2D eigenvalue weighted by Crippen LogP contribution is -2.53. The second-order valence-electron chi connectivity index (χ2n) is 5.34. The summed E-state index contributed by atoms with van der Waals surface area (Å²) in [4.78, 5) is 12.3. The normalized spacial score (nSPS) is 28.5. The Morgan fingerprint density at radius 3 is 2.71 bits per heavy atom. The van der Waals surface area contributed by atoms with Crippen molar-refractivity contribution >= 4 is 5.91 Å². The summed E-state index contributed by atoms with van der Waals surface area (Å²) < 4.78 is 0. The van der Waals surface area contributed by atoms with Crippen molar-refractivity contribution < 1.29 is 9.90 Å². The Bertz CT molecular complexity index is 250. The molecule has 1 fully saturated rings. The van der Waals surface area contributed by atoms with Crippen molar-refractivity contribution in [2.24, 2.45) is 11.3 Å². The van der Waals surface area contributed by atoms with E-state index in [1.54, 1.807) is 0 Å². The summed E-state index contributed by atoms with van der Waals surface area (Å²) in [6.45, 7) is 7.87. The fourth-order valence-corrected chi connectivity index (χ4v) is 2.28. The quantitative estimate of drug-likeness (QED) is 0.671. The van der Waals surface area contributed by atoms with Crippen LogP contribution in [0.5, 0.6) is 0 Å². The van der Waals surface area contributed by atoms with Crippen LogP contribution in [0.4, 0.5) is 0 Å². The minimum absolute atomic E-state index is 0.0258. The fourth-order valence-electron chi connectivity index (χ4n) is 2.28. The van der Waals surface area contributed by atoms with E-state index in [9.17, 15) is 4.79 Å². The van der Waals surface area contributed by atoms with Gasteiger partial charge in [0.25, 0.3) is 0 Å². The molecule has 4 heteroatoms. The van der Waals surface area contributed by atoms with E-state index in [4.69, 9.17) is 5.11 Å². The molecule has 0 aliphatic carbocycles.